The SMILES string of the molecule is Cc1ccc(CON/C(CCCCl)=N/S(=O)(=O)C(F)(F)F)c(Cl)c1. The Bertz CT molecular complexity index is 694. The van der Waals surface area contributed by atoms with Gasteiger partial charge in [0.05, 0.1) is 0 Å². The average Bonchev–Trinajstić information content (AvgIpc) is 2.45. The number of hydrogen-bond donors (Lipinski definition) is 1. The highest BCUT2D eigenvalue weighted by Gasteiger charge is 2.46. The molecule has 24 heavy (non-hydrogen) atoms. The number of halogens is 5. The van der Waals surface area contributed by atoms with E-state index in [4.69, 9.17) is 28.0 Å². The molecule has 0 saturated heterocycles. The van der Waals surface area contributed by atoms with Crippen LogP contribution >= 0.6 is 23.2 Å². The van der Waals surface area contributed by atoms with E-state index in [1.165, 1.54) is 0 Å². The molecular weight excluding hydrogens is 392 g/mol. The summed E-state index contributed by atoms with van der Waals surface area (Å²) in [5, 5.41) is 0.416. The van der Waals surface area contributed by atoms with Crippen LogP contribution in [0.2, 0.25) is 5.02 Å². The van der Waals surface area contributed by atoms with Gasteiger partial charge in [0.1, 0.15) is 12.4 Å². The maximum Gasteiger partial charge on any atom is 0.518 e. The smallest absolute Gasteiger partial charge is 0.270 e. The molecule has 5 nitrogen and oxygen atoms in total. The summed E-state index contributed by atoms with van der Waals surface area (Å²) in [6, 6.07) is 5.15. The molecule has 1 aromatic carbocycles. The Morgan fingerprint density at radius 3 is 2.58 bits per heavy atom. The molecule has 0 aromatic heterocycles. The zero-order valence-electron chi connectivity index (χ0n) is 12.5. The van der Waals surface area contributed by atoms with Crippen LogP contribution in [-0.4, -0.2) is 25.6 Å². The van der Waals surface area contributed by atoms with Crippen molar-refractivity contribution in [3.8, 4) is 0 Å². The minimum Gasteiger partial charge on any atom is -0.270 e. The van der Waals surface area contributed by atoms with Crippen molar-refractivity contribution in [2.75, 3.05) is 5.88 Å². The Balaban J connectivity index is 2.80. The Morgan fingerprint density at radius 2 is 2.04 bits per heavy atom. The second-order valence-corrected chi connectivity index (χ2v) is 7.12. The van der Waals surface area contributed by atoms with Crippen molar-refractivity contribution in [1.29, 1.82) is 0 Å². The van der Waals surface area contributed by atoms with E-state index in [2.05, 4.69) is 9.88 Å². The third-order valence-corrected chi connectivity index (χ3v) is 4.36. The van der Waals surface area contributed by atoms with Crippen molar-refractivity contribution in [3.05, 3.63) is 34.3 Å². The number of rotatable bonds is 7. The molecule has 0 aliphatic carbocycles. The normalized spacial score (nSPS) is 13.2. The van der Waals surface area contributed by atoms with E-state index < -0.39 is 21.4 Å². The first-order valence-electron chi connectivity index (χ1n) is 6.65. The van der Waals surface area contributed by atoms with Crippen LogP contribution in [0.5, 0.6) is 0 Å². The molecular formula is C13H15Cl2F3N2O3S. The van der Waals surface area contributed by atoms with Crippen LogP contribution in [0, 0.1) is 6.92 Å². The van der Waals surface area contributed by atoms with E-state index in [9.17, 15) is 21.6 Å². The molecule has 1 N–H and O–H groups in total. The average molecular weight is 407 g/mol. The quantitative estimate of drug-likeness (QED) is 0.322. The lowest BCUT2D eigenvalue weighted by Crippen LogP contribution is -2.29. The summed E-state index contributed by atoms with van der Waals surface area (Å²) in [6.45, 7) is 1.75. The van der Waals surface area contributed by atoms with Gasteiger partial charge in [-0.1, -0.05) is 23.7 Å². The van der Waals surface area contributed by atoms with E-state index in [1.807, 2.05) is 6.92 Å². The monoisotopic (exact) mass is 406 g/mol. The third-order valence-electron chi connectivity index (χ3n) is 2.70. The first-order valence-corrected chi connectivity index (χ1v) is 9.01. The van der Waals surface area contributed by atoms with Gasteiger partial charge >= 0.3 is 15.5 Å². The van der Waals surface area contributed by atoms with Crippen LogP contribution in [0.15, 0.2) is 22.6 Å². The summed E-state index contributed by atoms with van der Waals surface area (Å²) in [5.41, 5.74) is -1.86. The topological polar surface area (TPSA) is 67.8 Å². The Hall–Kier alpha value is -1.03. The zero-order valence-corrected chi connectivity index (χ0v) is 14.9. The number of nitrogens with zero attached hydrogens (tertiary/aromatic N) is 1. The highest BCUT2D eigenvalue weighted by molar-refractivity contribution is 7.91. The predicted octanol–water partition coefficient (Wildman–Crippen LogP) is 3.94. The van der Waals surface area contributed by atoms with Crippen molar-refractivity contribution in [2.45, 2.75) is 31.9 Å². The van der Waals surface area contributed by atoms with Crippen LogP contribution in [-0.2, 0) is 21.5 Å². The van der Waals surface area contributed by atoms with Gasteiger partial charge in [-0.15, -0.1) is 16.0 Å². The van der Waals surface area contributed by atoms with Gasteiger partial charge in [0.2, 0.25) is 0 Å². The van der Waals surface area contributed by atoms with Crippen molar-refractivity contribution in [2.24, 2.45) is 4.40 Å². The fourth-order valence-corrected chi connectivity index (χ4v) is 2.46. The molecule has 1 aromatic rings. The largest absolute Gasteiger partial charge is 0.518 e. The van der Waals surface area contributed by atoms with Gasteiger partial charge in [-0.25, -0.2) is 0 Å². The first kappa shape index (κ1) is 21.0. The minimum atomic E-state index is -5.66. The molecule has 136 valence electrons. The highest BCUT2D eigenvalue weighted by Crippen LogP contribution is 2.25. The van der Waals surface area contributed by atoms with Gasteiger partial charge in [0, 0.05) is 17.3 Å². The molecule has 1 rings (SSSR count). The molecule has 0 amide bonds. The van der Waals surface area contributed by atoms with Crippen LogP contribution < -0.4 is 5.48 Å². The second kappa shape index (κ2) is 8.89. The lowest BCUT2D eigenvalue weighted by molar-refractivity contribution is -0.0435. The predicted molar refractivity (Wildman–Crippen MR) is 86.5 cm³/mol. The number of alkyl halides is 4. The Kier molecular flexibility index (Phi) is 7.78. The van der Waals surface area contributed by atoms with Crippen LogP contribution in [0.3, 0.4) is 0 Å². The number of hydroxylamine groups is 1. The van der Waals surface area contributed by atoms with Gasteiger partial charge in [-0.2, -0.15) is 21.6 Å². The first-order chi connectivity index (χ1) is 11.1. The van der Waals surface area contributed by atoms with Gasteiger partial charge in [0.25, 0.3) is 0 Å². The molecule has 0 fully saturated rings. The lowest BCUT2D eigenvalue weighted by Gasteiger charge is -2.11. The van der Waals surface area contributed by atoms with E-state index in [0.717, 1.165) is 5.56 Å². The maximum absolute atomic E-state index is 12.4. The summed E-state index contributed by atoms with van der Waals surface area (Å²) >= 11 is 11.5. The summed E-state index contributed by atoms with van der Waals surface area (Å²) in [4.78, 5) is 5.02. The van der Waals surface area contributed by atoms with Crippen molar-refractivity contribution in [1.82, 2.24) is 5.48 Å². The number of hydrogen-bond acceptors (Lipinski definition) is 3. The maximum atomic E-state index is 12.4. The minimum absolute atomic E-state index is 0.0922. The Labute approximate surface area is 147 Å². The Morgan fingerprint density at radius 1 is 1.38 bits per heavy atom. The van der Waals surface area contributed by atoms with Gasteiger partial charge in [-0.3, -0.25) is 10.3 Å². The molecule has 0 spiro atoms. The van der Waals surface area contributed by atoms with E-state index in [-0.39, 0.29) is 25.3 Å². The van der Waals surface area contributed by atoms with Gasteiger partial charge < -0.3 is 0 Å². The number of benzene rings is 1. The molecule has 0 aliphatic heterocycles. The van der Waals surface area contributed by atoms with Gasteiger partial charge in [0.15, 0.2) is 0 Å². The van der Waals surface area contributed by atoms with E-state index >= 15 is 0 Å². The summed E-state index contributed by atoms with van der Waals surface area (Å²) < 4.78 is 62.1. The lowest BCUT2D eigenvalue weighted by atomic mass is 10.2. The molecule has 0 atom stereocenters. The van der Waals surface area contributed by atoms with E-state index in [1.54, 1.807) is 18.2 Å². The fraction of sp³-hybridized carbons (Fsp3) is 0.462. The number of aryl methyl sites for hydroxylation is 1. The molecule has 0 bridgehead atoms. The van der Waals surface area contributed by atoms with Crippen molar-refractivity contribution >= 4 is 39.1 Å². The van der Waals surface area contributed by atoms with Gasteiger partial charge in [-0.05, 0) is 30.5 Å². The zero-order chi connectivity index (χ0) is 18.4. The third kappa shape index (κ3) is 6.46. The fourth-order valence-electron chi connectivity index (χ4n) is 1.51. The summed E-state index contributed by atoms with van der Waals surface area (Å²) in [6.07, 6.45) is 0.0931. The molecule has 11 heteroatoms. The second-order valence-electron chi connectivity index (χ2n) is 4.74. The standard InChI is InChI=1S/C13H15Cl2F3N2O3S/c1-9-4-5-10(11(15)7-9)8-23-19-12(3-2-6-14)20-24(21,22)13(16,17)18/h4-5,7H,2-3,6,8H2,1H3,(H,19,20). The van der Waals surface area contributed by atoms with Crippen LogP contribution in [0.25, 0.3) is 0 Å². The van der Waals surface area contributed by atoms with E-state index in [0.29, 0.717) is 10.6 Å². The summed E-state index contributed by atoms with van der Waals surface area (Å²) in [5.74, 6) is -0.368. The molecule has 0 unspecified atom stereocenters. The number of sulfonamides is 1. The highest BCUT2D eigenvalue weighted by atomic mass is 35.5. The molecule has 0 radical (unpaired) electrons. The summed E-state index contributed by atoms with van der Waals surface area (Å²) in [7, 11) is -5.66. The van der Waals surface area contributed by atoms with Crippen molar-refractivity contribution in [3.63, 3.8) is 0 Å². The number of nitrogens with one attached hydrogen (secondary N) is 1. The van der Waals surface area contributed by atoms with Crippen LogP contribution in [0.4, 0.5) is 13.2 Å². The van der Waals surface area contributed by atoms with Crippen LogP contribution in [0.1, 0.15) is 24.0 Å². The molecule has 0 saturated carbocycles. The molecule has 0 heterocycles. The van der Waals surface area contributed by atoms with Crippen molar-refractivity contribution < 1.29 is 26.4 Å². The number of amidine groups is 1. The molecule has 0 aliphatic rings.